The lowest BCUT2D eigenvalue weighted by atomic mass is 9.70. The molecule has 5 rings (SSSR count). The maximum atomic E-state index is 13.7. The third-order valence-electron chi connectivity index (χ3n) is 6.73. The number of anilines is 1. The number of fused-ring (bicyclic) bond motifs is 1. The quantitative estimate of drug-likeness (QED) is 0.528. The average molecular weight is 439 g/mol. The van der Waals surface area contributed by atoms with Gasteiger partial charge in [0.1, 0.15) is 6.10 Å². The van der Waals surface area contributed by atoms with Gasteiger partial charge in [0.2, 0.25) is 0 Å². The first-order valence-corrected chi connectivity index (χ1v) is 11.2. The standard InChI is InChI=1S/C22H21N3O5S/c1-11-8-15-16(9-12(11)2)30-20-17(19(15)26)18(13-4-3-5-14(10-13)25(28)29)24(21(20)27)22-23-6-7-31-22/h3-7,10-12,15-16,18H,8-9H2,1-2H3. The van der Waals surface area contributed by atoms with Crippen LogP contribution in [-0.4, -0.2) is 27.7 Å². The van der Waals surface area contributed by atoms with Crippen molar-refractivity contribution >= 4 is 33.8 Å². The summed E-state index contributed by atoms with van der Waals surface area (Å²) >= 11 is 1.27. The number of hydrogen-bond acceptors (Lipinski definition) is 7. The average Bonchev–Trinajstić information content (AvgIpc) is 3.36. The van der Waals surface area contributed by atoms with Crippen LogP contribution in [0.25, 0.3) is 0 Å². The van der Waals surface area contributed by atoms with Gasteiger partial charge in [-0.05, 0) is 30.2 Å². The van der Waals surface area contributed by atoms with Gasteiger partial charge in [-0.2, -0.15) is 0 Å². The van der Waals surface area contributed by atoms with Crippen LogP contribution in [-0.2, 0) is 14.3 Å². The summed E-state index contributed by atoms with van der Waals surface area (Å²) in [5, 5.41) is 13.5. The van der Waals surface area contributed by atoms with Crippen molar-refractivity contribution in [1.82, 2.24) is 4.98 Å². The van der Waals surface area contributed by atoms with Crippen molar-refractivity contribution in [2.45, 2.75) is 38.8 Å². The molecule has 2 aromatic rings. The number of carbonyl (C=O) groups is 2. The first-order valence-electron chi connectivity index (χ1n) is 10.3. The Morgan fingerprint density at radius 2 is 2.00 bits per heavy atom. The largest absolute Gasteiger partial charge is 0.483 e. The SMILES string of the molecule is CC1CC2OC3=C(C(=O)C2CC1C)C(c1cccc([N+](=O)[O-])c1)N(c1nccs1)C3=O. The first kappa shape index (κ1) is 19.9. The monoisotopic (exact) mass is 439 g/mol. The van der Waals surface area contributed by atoms with Crippen molar-refractivity contribution in [1.29, 1.82) is 0 Å². The number of carbonyl (C=O) groups excluding carboxylic acids is 2. The second-order valence-corrected chi connectivity index (χ2v) is 9.41. The van der Waals surface area contributed by atoms with Gasteiger partial charge in [-0.1, -0.05) is 26.0 Å². The Bertz CT molecular complexity index is 1110. The molecule has 1 amide bonds. The summed E-state index contributed by atoms with van der Waals surface area (Å²) in [4.78, 5) is 43.7. The highest BCUT2D eigenvalue weighted by Crippen LogP contribution is 2.50. The lowest BCUT2D eigenvalue weighted by Crippen LogP contribution is -2.43. The summed E-state index contributed by atoms with van der Waals surface area (Å²) in [5.74, 6) is 0.0260. The highest BCUT2D eigenvalue weighted by atomic mass is 32.1. The fraction of sp³-hybridized carbons (Fsp3) is 0.409. The van der Waals surface area contributed by atoms with Gasteiger partial charge in [-0.3, -0.25) is 24.6 Å². The molecular weight excluding hydrogens is 418 g/mol. The van der Waals surface area contributed by atoms with E-state index < -0.39 is 16.9 Å². The molecule has 0 bridgehead atoms. The van der Waals surface area contributed by atoms with Crippen LogP contribution in [0.1, 0.15) is 38.3 Å². The zero-order valence-corrected chi connectivity index (χ0v) is 17.9. The molecule has 31 heavy (non-hydrogen) atoms. The molecule has 160 valence electrons. The molecule has 1 fully saturated rings. The zero-order chi connectivity index (χ0) is 21.9. The molecule has 0 saturated heterocycles. The van der Waals surface area contributed by atoms with Crippen LogP contribution < -0.4 is 4.90 Å². The number of nitro groups is 1. The lowest BCUT2D eigenvalue weighted by molar-refractivity contribution is -0.384. The van der Waals surface area contributed by atoms with Gasteiger partial charge in [0, 0.05) is 23.7 Å². The summed E-state index contributed by atoms with van der Waals surface area (Å²) in [6.45, 7) is 4.28. The third-order valence-corrected chi connectivity index (χ3v) is 7.50. The molecule has 1 aliphatic carbocycles. The molecule has 1 saturated carbocycles. The van der Waals surface area contributed by atoms with Crippen molar-refractivity contribution in [2.24, 2.45) is 17.8 Å². The Kier molecular flexibility index (Phi) is 4.65. The summed E-state index contributed by atoms with van der Waals surface area (Å²) in [7, 11) is 0. The van der Waals surface area contributed by atoms with Crippen LogP contribution in [0.2, 0.25) is 0 Å². The van der Waals surface area contributed by atoms with E-state index in [0.717, 1.165) is 6.42 Å². The van der Waals surface area contributed by atoms with E-state index in [1.54, 1.807) is 23.7 Å². The molecule has 3 aliphatic rings. The number of aromatic nitrogens is 1. The molecule has 2 aliphatic heterocycles. The number of nitro benzene ring substituents is 1. The van der Waals surface area contributed by atoms with E-state index in [-0.39, 0.29) is 29.3 Å². The second-order valence-electron chi connectivity index (χ2n) is 8.54. The van der Waals surface area contributed by atoms with Gasteiger partial charge in [0.05, 0.1) is 22.5 Å². The number of ketones is 1. The van der Waals surface area contributed by atoms with Crippen LogP contribution in [0.3, 0.4) is 0 Å². The van der Waals surface area contributed by atoms with Gasteiger partial charge in [-0.25, -0.2) is 4.98 Å². The van der Waals surface area contributed by atoms with E-state index in [9.17, 15) is 19.7 Å². The van der Waals surface area contributed by atoms with Crippen LogP contribution >= 0.6 is 11.3 Å². The molecule has 1 aromatic carbocycles. The molecule has 9 heteroatoms. The van der Waals surface area contributed by atoms with Gasteiger partial charge < -0.3 is 4.74 Å². The molecule has 0 spiro atoms. The number of amides is 1. The zero-order valence-electron chi connectivity index (χ0n) is 17.1. The number of non-ortho nitro benzene ring substituents is 1. The van der Waals surface area contributed by atoms with Gasteiger partial charge in [0.25, 0.3) is 11.6 Å². The fourth-order valence-electron chi connectivity index (χ4n) is 4.92. The van der Waals surface area contributed by atoms with Gasteiger partial charge in [-0.15, -0.1) is 11.3 Å². The molecule has 1 aromatic heterocycles. The van der Waals surface area contributed by atoms with E-state index in [0.29, 0.717) is 34.5 Å². The minimum absolute atomic E-state index is 0.0692. The van der Waals surface area contributed by atoms with E-state index in [1.165, 1.54) is 28.4 Å². The molecule has 0 N–H and O–H groups in total. The molecule has 5 atom stereocenters. The Balaban J connectivity index is 1.65. The Hall–Kier alpha value is -3.07. The number of Topliss-reactive ketones (excluding diaryl/α,β-unsaturated/α-hetero) is 1. The van der Waals surface area contributed by atoms with Crippen LogP contribution in [0.5, 0.6) is 0 Å². The second kappa shape index (κ2) is 7.26. The van der Waals surface area contributed by atoms with Crippen molar-refractivity contribution in [2.75, 3.05) is 4.90 Å². The molecule has 0 radical (unpaired) electrons. The highest BCUT2D eigenvalue weighted by Gasteiger charge is 2.54. The van der Waals surface area contributed by atoms with Crippen molar-refractivity contribution in [3.63, 3.8) is 0 Å². The van der Waals surface area contributed by atoms with Gasteiger partial charge >= 0.3 is 0 Å². The van der Waals surface area contributed by atoms with E-state index in [2.05, 4.69) is 18.8 Å². The smallest absolute Gasteiger partial charge is 0.296 e. The molecule has 5 unspecified atom stereocenters. The third kappa shape index (κ3) is 3.06. The highest BCUT2D eigenvalue weighted by molar-refractivity contribution is 7.13. The first-order chi connectivity index (χ1) is 14.9. The van der Waals surface area contributed by atoms with E-state index in [4.69, 9.17) is 4.74 Å². The van der Waals surface area contributed by atoms with Crippen molar-refractivity contribution in [3.05, 3.63) is 62.9 Å². The maximum Gasteiger partial charge on any atom is 0.296 e. The number of benzene rings is 1. The number of thiazole rings is 1. The lowest BCUT2D eigenvalue weighted by Gasteiger charge is -2.40. The van der Waals surface area contributed by atoms with Crippen molar-refractivity contribution < 1.29 is 19.2 Å². The Labute approximate surface area is 182 Å². The van der Waals surface area contributed by atoms with Crippen molar-refractivity contribution in [3.8, 4) is 0 Å². The van der Waals surface area contributed by atoms with Gasteiger partial charge in [0.15, 0.2) is 16.7 Å². The minimum Gasteiger partial charge on any atom is -0.483 e. The Morgan fingerprint density at radius 3 is 2.71 bits per heavy atom. The summed E-state index contributed by atoms with van der Waals surface area (Å²) in [6.07, 6.45) is 2.69. The van der Waals surface area contributed by atoms with Crippen LogP contribution in [0.4, 0.5) is 10.8 Å². The van der Waals surface area contributed by atoms with E-state index >= 15 is 0 Å². The van der Waals surface area contributed by atoms with E-state index in [1.807, 2.05) is 0 Å². The fourth-order valence-corrected chi connectivity index (χ4v) is 5.58. The predicted molar refractivity (Wildman–Crippen MR) is 113 cm³/mol. The maximum absolute atomic E-state index is 13.7. The van der Waals surface area contributed by atoms with Crippen LogP contribution in [0, 0.1) is 27.9 Å². The number of nitrogens with zero attached hydrogens (tertiary/aromatic N) is 3. The number of hydrogen-bond donors (Lipinski definition) is 0. The number of rotatable bonds is 3. The number of ether oxygens (including phenoxy) is 1. The van der Waals surface area contributed by atoms with Crippen LogP contribution in [0.15, 0.2) is 47.2 Å². The molecule has 8 nitrogen and oxygen atoms in total. The molecular formula is C22H21N3O5S. The Morgan fingerprint density at radius 1 is 1.23 bits per heavy atom. The minimum atomic E-state index is -0.795. The summed E-state index contributed by atoms with van der Waals surface area (Å²) < 4.78 is 6.18. The topological polar surface area (TPSA) is 103 Å². The summed E-state index contributed by atoms with van der Waals surface area (Å²) in [5.41, 5.74) is 0.694. The summed E-state index contributed by atoms with van der Waals surface area (Å²) in [6, 6.07) is 5.28. The normalized spacial score (nSPS) is 30.1. The molecule has 3 heterocycles. The predicted octanol–water partition coefficient (Wildman–Crippen LogP) is 4.04.